The normalized spacial score (nSPS) is 17.3. The fourth-order valence-corrected chi connectivity index (χ4v) is 4.78. The molecule has 4 rings (SSSR count). The number of aromatic nitrogens is 2. The fraction of sp³-hybridized carbons (Fsp3) is 0.379. The Morgan fingerprint density at radius 3 is 2.44 bits per heavy atom. The number of nitrogens with zero attached hydrogens (tertiary/aromatic N) is 2. The highest BCUT2D eigenvalue weighted by molar-refractivity contribution is 6.34. The number of hydrogen-bond acceptors (Lipinski definition) is 5. The van der Waals surface area contributed by atoms with E-state index in [9.17, 15) is 14.4 Å². The van der Waals surface area contributed by atoms with E-state index in [-0.39, 0.29) is 23.8 Å². The van der Waals surface area contributed by atoms with Crippen LogP contribution in [0, 0.1) is 5.92 Å². The van der Waals surface area contributed by atoms with Crippen LogP contribution in [0.3, 0.4) is 0 Å². The van der Waals surface area contributed by atoms with Crippen LogP contribution in [0.4, 0.5) is 16.3 Å². The summed E-state index contributed by atoms with van der Waals surface area (Å²) in [5.74, 6) is -0.0355. The number of carbonyl (C=O) groups is 3. The van der Waals surface area contributed by atoms with Crippen LogP contribution >= 0.6 is 11.6 Å². The lowest BCUT2D eigenvalue weighted by molar-refractivity contribution is -0.121. The molecule has 206 valence electrons. The minimum Gasteiger partial charge on any atom is -0.444 e. The number of halogens is 1. The summed E-state index contributed by atoms with van der Waals surface area (Å²) in [5, 5.41) is 13.7. The highest BCUT2D eigenvalue weighted by Crippen LogP contribution is 2.28. The molecule has 1 aliphatic rings. The number of anilines is 2. The summed E-state index contributed by atoms with van der Waals surface area (Å²) in [4.78, 5) is 37.7. The molecule has 1 unspecified atom stereocenters. The lowest BCUT2D eigenvalue weighted by Crippen LogP contribution is -2.43. The van der Waals surface area contributed by atoms with Gasteiger partial charge in [0.05, 0.1) is 16.3 Å². The van der Waals surface area contributed by atoms with Crippen molar-refractivity contribution < 1.29 is 19.1 Å². The van der Waals surface area contributed by atoms with E-state index >= 15 is 0 Å². The number of rotatable bonds is 6. The Labute approximate surface area is 233 Å². The molecule has 1 heterocycles. The molecule has 10 heteroatoms. The maximum Gasteiger partial charge on any atom is 0.407 e. The van der Waals surface area contributed by atoms with Crippen molar-refractivity contribution in [1.82, 2.24) is 15.1 Å². The van der Waals surface area contributed by atoms with Crippen molar-refractivity contribution in [3.8, 4) is 11.3 Å². The zero-order valence-corrected chi connectivity index (χ0v) is 23.3. The highest BCUT2D eigenvalue weighted by Gasteiger charge is 2.30. The molecule has 3 aromatic rings. The van der Waals surface area contributed by atoms with Crippen LogP contribution in [0.1, 0.15) is 56.8 Å². The minimum atomic E-state index is -0.572. The van der Waals surface area contributed by atoms with Crippen molar-refractivity contribution >= 4 is 41.0 Å². The van der Waals surface area contributed by atoms with Gasteiger partial charge in [0.25, 0.3) is 5.91 Å². The third-order valence-corrected chi connectivity index (χ3v) is 6.78. The predicted octanol–water partition coefficient (Wildman–Crippen LogP) is 6.01. The monoisotopic (exact) mass is 551 g/mol. The number of benzene rings is 2. The van der Waals surface area contributed by atoms with Gasteiger partial charge in [-0.15, -0.1) is 0 Å². The first-order valence-corrected chi connectivity index (χ1v) is 13.4. The first-order valence-electron chi connectivity index (χ1n) is 13.0. The zero-order chi connectivity index (χ0) is 28.2. The Morgan fingerprint density at radius 2 is 1.74 bits per heavy atom. The second-order valence-electron chi connectivity index (χ2n) is 10.7. The van der Waals surface area contributed by atoms with E-state index in [1.807, 2.05) is 39.0 Å². The number of nitrogens with one attached hydrogen (secondary N) is 3. The molecule has 3 N–H and O–H groups in total. The molecule has 1 aliphatic carbocycles. The molecule has 39 heavy (non-hydrogen) atoms. The fourth-order valence-electron chi connectivity index (χ4n) is 4.55. The largest absolute Gasteiger partial charge is 0.444 e. The van der Waals surface area contributed by atoms with Gasteiger partial charge in [0.2, 0.25) is 5.91 Å². The van der Waals surface area contributed by atoms with Crippen molar-refractivity contribution in [2.45, 2.75) is 58.1 Å². The zero-order valence-electron chi connectivity index (χ0n) is 22.6. The maximum atomic E-state index is 13.1. The molecule has 0 bridgehead atoms. The van der Waals surface area contributed by atoms with Crippen molar-refractivity contribution in [3.05, 3.63) is 65.2 Å². The average molecular weight is 552 g/mol. The van der Waals surface area contributed by atoms with Gasteiger partial charge in [-0.2, -0.15) is 5.10 Å². The number of ether oxygens (including phenoxy) is 1. The molecule has 0 aliphatic heterocycles. The Morgan fingerprint density at radius 1 is 1.03 bits per heavy atom. The van der Waals surface area contributed by atoms with Crippen LogP contribution in [-0.2, 0) is 16.6 Å². The number of aryl methyl sites for hydroxylation is 1. The van der Waals surface area contributed by atoms with Gasteiger partial charge in [-0.05, 0) is 64.3 Å². The Hall–Kier alpha value is -3.85. The van der Waals surface area contributed by atoms with Crippen molar-refractivity contribution in [2.24, 2.45) is 13.0 Å². The topological polar surface area (TPSA) is 114 Å². The van der Waals surface area contributed by atoms with Gasteiger partial charge < -0.3 is 20.7 Å². The first-order chi connectivity index (χ1) is 18.5. The van der Waals surface area contributed by atoms with E-state index in [1.165, 1.54) is 0 Å². The molecule has 1 saturated carbocycles. The van der Waals surface area contributed by atoms with Gasteiger partial charge in [-0.25, -0.2) is 4.79 Å². The van der Waals surface area contributed by atoms with E-state index in [2.05, 4.69) is 21.0 Å². The SMILES string of the molecule is Cn1nc(-c2ccc(NC(=O)c3ccccc3Cl)cc2)cc1NC(=O)[C@H]1CCCC(NC(=O)OC(C)(C)C)C1. The summed E-state index contributed by atoms with van der Waals surface area (Å²) in [6.45, 7) is 5.46. The van der Waals surface area contributed by atoms with E-state index in [0.29, 0.717) is 34.2 Å². The molecule has 2 aromatic carbocycles. The highest BCUT2D eigenvalue weighted by atomic mass is 35.5. The lowest BCUT2D eigenvalue weighted by atomic mass is 9.85. The van der Waals surface area contributed by atoms with Crippen LogP contribution in [0.15, 0.2) is 54.6 Å². The van der Waals surface area contributed by atoms with Crippen LogP contribution in [0.2, 0.25) is 5.02 Å². The summed E-state index contributed by atoms with van der Waals surface area (Å²) in [7, 11) is 1.77. The molecule has 9 nitrogen and oxygen atoms in total. The molecular formula is C29H34ClN5O4. The van der Waals surface area contributed by atoms with Crippen molar-refractivity contribution in [3.63, 3.8) is 0 Å². The third kappa shape index (κ3) is 7.60. The van der Waals surface area contributed by atoms with Crippen molar-refractivity contribution in [2.75, 3.05) is 10.6 Å². The van der Waals surface area contributed by atoms with Gasteiger partial charge in [0, 0.05) is 36.3 Å². The van der Waals surface area contributed by atoms with Crippen LogP contribution in [0.25, 0.3) is 11.3 Å². The summed E-state index contributed by atoms with van der Waals surface area (Å²) in [6, 6.07) is 15.9. The average Bonchev–Trinajstić information content (AvgIpc) is 3.23. The van der Waals surface area contributed by atoms with Gasteiger partial charge in [0.15, 0.2) is 0 Å². The number of hydrogen-bond donors (Lipinski definition) is 3. The maximum absolute atomic E-state index is 13.1. The Balaban J connectivity index is 1.35. The summed E-state index contributed by atoms with van der Waals surface area (Å²) < 4.78 is 6.98. The third-order valence-electron chi connectivity index (χ3n) is 6.45. The number of amides is 3. The molecule has 0 spiro atoms. The summed E-state index contributed by atoms with van der Waals surface area (Å²) in [6.07, 6.45) is 2.50. The summed E-state index contributed by atoms with van der Waals surface area (Å²) >= 11 is 6.12. The number of alkyl carbamates (subject to hydrolysis) is 1. The predicted molar refractivity (Wildman–Crippen MR) is 152 cm³/mol. The standard InChI is InChI=1S/C29H34ClN5O4/c1-29(2,3)39-28(38)32-21-9-7-8-19(16-21)26(36)33-25-17-24(34-35(25)4)18-12-14-20(15-13-18)31-27(37)22-10-5-6-11-23(22)30/h5-6,10-15,17,19,21H,7-9,16H2,1-4H3,(H,31,37)(H,32,38)(H,33,36)/t19-,21?/m0/s1. The van der Waals surface area contributed by atoms with Gasteiger partial charge in [-0.1, -0.05) is 42.3 Å². The van der Waals surface area contributed by atoms with E-state index in [1.54, 1.807) is 48.1 Å². The van der Waals surface area contributed by atoms with E-state index in [4.69, 9.17) is 16.3 Å². The lowest BCUT2D eigenvalue weighted by Gasteiger charge is -2.30. The smallest absolute Gasteiger partial charge is 0.407 e. The van der Waals surface area contributed by atoms with Crippen LogP contribution in [0.5, 0.6) is 0 Å². The molecule has 2 atom stereocenters. The first kappa shape index (κ1) is 28.2. The van der Waals surface area contributed by atoms with Gasteiger partial charge >= 0.3 is 6.09 Å². The second-order valence-corrected chi connectivity index (χ2v) is 11.2. The molecule has 3 amide bonds. The van der Waals surface area contributed by atoms with Gasteiger partial charge in [0.1, 0.15) is 11.4 Å². The van der Waals surface area contributed by atoms with Crippen molar-refractivity contribution in [1.29, 1.82) is 0 Å². The summed E-state index contributed by atoms with van der Waals surface area (Å²) in [5.41, 5.74) is 1.97. The van der Waals surface area contributed by atoms with Crippen LogP contribution in [-0.4, -0.2) is 39.3 Å². The van der Waals surface area contributed by atoms with Gasteiger partial charge in [-0.3, -0.25) is 14.3 Å². The molecule has 0 saturated heterocycles. The molecule has 1 aromatic heterocycles. The van der Waals surface area contributed by atoms with E-state index in [0.717, 1.165) is 24.8 Å². The number of carbonyl (C=O) groups excluding carboxylic acids is 3. The molecule has 0 radical (unpaired) electrons. The Kier molecular flexibility index (Phi) is 8.60. The van der Waals surface area contributed by atoms with Crippen LogP contribution < -0.4 is 16.0 Å². The second kappa shape index (κ2) is 11.9. The minimum absolute atomic E-state index is 0.0992. The van der Waals surface area contributed by atoms with E-state index < -0.39 is 11.7 Å². The molecular weight excluding hydrogens is 518 g/mol. The Bertz CT molecular complexity index is 1350. The quantitative estimate of drug-likeness (QED) is 0.347. The molecule has 1 fully saturated rings.